The van der Waals surface area contributed by atoms with E-state index in [1.54, 1.807) is 13.1 Å². The number of hydrogen-bond donors (Lipinski definition) is 2. The molecule has 0 bridgehead atoms. The summed E-state index contributed by atoms with van der Waals surface area (Å²) in [7, 11) is 0. The maximum atomic E-state index is 12.0. The van der Waals surface area contributed by atoms with Gasteiger partial charge in [-0.05, 0) is 12.5 Å². The molecule has 0 spiro atoms. The van der Waals surface area contributed by atoms with Crippen LogP contribution in [-0.2, 0) is 5.54 Å². The second-order valence-corrected chi connectivity index (χ2v) is 4.26. The summed E-state index contributed by atoms with van der Waals surface area (Å²) < 4.78 is 1.33. The van der Waals surface area contributed by atoms with Crippen molar-refractivity contribution in [2.45, 2.75) is 12.5 Å². The van der Waals surface area contributed by atoms with E-state index in [2.05, 4.69) is 10.3 Å². The van der Waals surface area contributed by atoms with Gasteiger partial charge in [-0.2, -0.15) is 0 Å². The highest BCUT2D eigenvalue weighted by atomic mass is 16.3. The molecule has 5 nitrogen and oxygen atoms in total. The highest BCUT2D eigenvalue weighted by molar-refractivity contribution is 5.77. The third-order valence-electron chi connectivity index (χ3n) is 2.85. The quantitative estimate of drug-likeness (QED) is 0.857. The van der Waals surface area contributed by atoms with Gasteiger partial charge in [-0.1, -0.05) is 30.3 Å². The normalized spacial score (nSPS) is 13.9. The van der Waals surface area contributed by atoms with Crippen molar-refractivity contribution in [1.29, 1.82) is 0 Å². The number of aromatic nitrogens is 2. The first-order valence-corrected chi connectivity index (χ1v) is 5.62. The maximum absolute atomic E-state index is 12.0. The van der Waals surface area contributed by atoms with Gasteiger partial charge in [0, 0.05) is 12.4 Å². The second-order valence-electron chi connectivity index (χ2n) is 4.26. The molecule has 1 unspecified atom stereocenters. The first-order valence-electron chi connectivity index (χ1n) is 5.62. The molecule has 1 atom stereocenters. The summed E-state index contributed by atoms with van der Waals surface area (Å²) in [5.41, 5.74) is 0.0313. The number of carbonyl (C=O) groups is 1. The van der Waals surface area contributed by atoms with E-state index in [-0.39, 0.29) is 12.6 Å². The minimum Gasteiger partial charge on any atom is -0.394 e. The molecule has 0 aliphatic carbocycles. The van der Waals surface area contributed by atoms with Gasteiger partial charge < -0.3 is 10.4 Å². The Morgan fingerprint density at radius 2 is 2.17 bits per heavy atom. The zero-order chi connectivity index (χ0) is 13.0. The number of aliphatic hydroxyl groups excluding tert-OH is 1. The van der Waals surface area contributed by atoms with Gasteiger partial charge in [0.25, 0.3) is 0 Å². The van der Waals surface area contributed by atoms with Crippen LogP contribution < -0.4 is 5.32 Å². The highest BCUT2D eigenvalue weighted by Gasteiger charge is 2.28. The van der Waals surface area contributed by atoms with Crippen molar-refractivity contribution in [3.05, 3.63) is 54.6 Å². The van der Waals surface area contributed by atoms with Crippen LogP contribution in [-0.4, -0.2) is 27.3 Å². The van der Waals surface area contributed by atoms with Crippen LogP contribution >= 0.6 is 0 Å². The first kappa shape index (κ1) is 12.3. The lowest BCUT2D eigenvalue weighted by Gasteiger charge is -2.29. The predicted octanol–water partition coefficient (Wildman–Crippen LogP) is 1.35. The van der Waals surface area contributed by atoms with Gasteiger partial charge in [-0.15, -0.1) is 0 Å². The SMILES string of the molecule is CC(CO)(NC(=O)n1ccnc1)c1ccccc1. The molecule has 0 saturated heterocycles. The van der Waals surface area contributed by atoms with E-state index in [9.17, 15) is 9.90 Å². The Labute approximate surface area is 105 Å². The number of hydrogen-bond acceptors (Lipinski definition) is 3. The Morgan fingerprint density at radius 1 is 1.44 bits per heavy atom. The van der Waals surface area contributed by atoms with Crippen LogP contribution in [0.3, 0.4) is 0 Å². The van der Waals surface area contributed by atoms with Crippen LogP contribution in [0, 0.1) is 0 Å². The molecule has 2 rings (SSSR count). The Morgan fingerprint density at radius 3 is 2.72 bits per heavy atom. The number of aliphatic hydroxyl groups is 1. The summed E-state index contributed by atoms with van der Waals surface area (Å²) in [6.07, 6.45) is 4.49. The standard InChI is InChI=1S/C13H15N3O2/c1-13(9-17,11-5-3-2-4-6-11)15-12(18)16-8-7-14-10-16/h2-8,10,17H,9H2,1H3,(H,15,18). The summed E-state index contributed by atoms with van der Waals surface area (Å²) in [5, 5.41) is 12.3. The Balaban J connectivity index is 2.21. The third kappa shape index (κ3) is 2.41. The number of nitrogens with one attached hydrogen (secondary N) is 1. The summed E-state index contributed by atoms with van der Waals surface area (Å²) in [5.74, 6) is 0. The van der Waals surface area contributed by atoms with Crippen LogP contribution in [0.4, 0.5) is 4.79 Å². The molecular weight excluding hydrogens is 230 g/mol. The van der Waals surface area contributed by atoms with Crippen molar-refractivity contribution in [3.8, 4) is 0 Å². The largest absolute Gasteiger partial charge is 0.394 e. The van der Waals surface area contributed by atoms with Crippen molar-refractivity contribution >= 4 is 6.03 Å². The van der Waals surface area contributed by atoms with Crippen molar-refractivity contribution in [2.75, 3.05) is 6.61 Å². The smallest absolute Gasteiger partial charge is 0.327 e. The number of rotatable bonds is 3. The topological polar surface area (TPSA) is 67.2 Å². The van der Waals surface area contributed by atoms with Gasteiger partial charge in [0.15, 0.2) is 0 Å². The number of imidazole rings is 1. The fourth-order valence-electron chi connectivity index (χ4n) is 1.69. The average Bonchev–Trinajstić information content (AvgIpc) is 2.93. The number of benzene rings is 1. The molecule has 1 heterocycles. The summed E-state index contributed by atoms with van der Waals surface area (Å²) in [6, 6.07) is 9.03. The summed E-state index contributed by atoms with van der Waals surface area (Å²) in [6.45, 7) is 1.59. The van der Waals surface area contributed by atoms with Gasteiger partial charge >= 0.3 is 6.03 Å². The zero-order valence-corrected chi connectivity index (χ0v) is 10.1. The molecule has 0 radical (unpaired) electrons. The van der Waals surface area contributed by atoms with Crippen molar-refractivity contribution < 1.29 is 9.90 Å². The Hall–Kier alpha value is -2.14. The van der Waals surface area contributed by atoms with E-state index in [4.69, 9.17) is 0 Å². The third-order valence-corrected chi connectivity index (χ3v) is 2.85. The van der Waals surface area contributed by atoms with Gasteiger partial charge in [0.2, 0.25) is 0 Å². The fourth-order valence-corrected chi connectivity index (χ4v) is 1.69. The number of amides is 1. The van der Waals surface area contributed by atoms with Gasteiger partial charge in [0.05, 0.1) is 12.1 Å². The first-order chi connectivity index (χ1) is 8.65. The van der Waals surface area contributed by atoms with Crippen LogP contribution in [0.15, 0.2) is 49.1 Å². The number of nitrogens with zero attached hydrogens (tertiary/aromatic N) is 2. The molecule has 0 saturated carbocycles. The van der Waals surface area contributed by atoms with E-state index in [1.807, 2.05) is 30.3 Å². The lowest BCUT2D eigenvalue weighted by atomic mass is 9.93. The van der Waals surface area contributed by atoms with Gasteiger partial charge in [-0.3, -0.25) is 4.57 Å². The molecule has 0 fully saturated rings. The maximum Gasteiger partial charge on any atom is 0.327 e. The van der Waals surface area contributed by atoms with Crippen molar-refractivity contribution in [2.24, 2.45) is 0 Å². The van der Waals surface area contributed by atoms with Crippen LogP contribution in [0.5, 0.6) is 0 Å². The van der Waals surface area contributed by atoms with E-state index < -0.39 is 5.54 Å². The average molecular weight is 245 g/mol. The van der Waals surface area contributed by atoms with E-state index in [0.29, 0.717) is 0 Å². The second kappa shape index (κ2) is 5.01. The molecule has 1 aromatic heterocycles. The minimum absolute atomic E-state index is 0.183. The Bertz CT molecular complexity index is 510. The Kier molecular flexibility index (Phi) is 3.43. The highest BCUT2D eigenvalue weighted by Crippen LogP contribution is 2.19. The summed E-state index contributed by atoms with van der Waals surface area (Å²) in [4.78, 5) is 15.8. The molecule has 0 aliphatic heterocycles. The molecule has 2 aromatic rings. The van der Waals surface area contributed by atoms with Crippen LogP contribution in [0.2, 0.25) is 0 Å². The van der Waals surface area contributed by atoms with Crippen molar-refractivity contribution in [1.82, 2.24) is 14.9 Å². The lowest BCUT2D eigenvalue weighted by molar-refractivity contribution is 0.172. The molecule has 18 heavy (non-hydrogen) atoms. The lowest BCUT2D eigenvalue weighted by Crippen LogP contribution is -2.47. The zero-order valence-electron chi connectivity index (χ0n) is 10.1. The molecule has 2 N–H and O–H groups in total. The van der Waals surface area contributed by atoms with Crippen molar-refractivity contribution in [3.63, 3.8) is 0 Å². The fraction of sp³-hybridized carbons (Fsp3) is 0.231. The summed E-state index contributed by atoms with van der Waals surface area (Å²) >= 11 is 0. The van der Waals surface area contributed by atoms with Crippen LogP contribution in [0.25, 0.3) is 0 Å². The van der Waals surface area contributed by atoms with Gasteiger partial charge in [0.1, 0.15) is 6.33 Å². The molecule has 1 amide bonds. The minimum atomic E-state index is -0.817. The predicted molar refractivity (Wildman–Crippen MR) is 67.0 cm³/mol. The molecule has 5 heteroatoms. The van der Waals surface area contributed by atoms with E-state index in [0.717, 1.165) is 5.56 Å². The molecule has 0 aliphatic rings. The van der Waals surface area contributed by atoms with E-state index >= 15 is 0 Å². The molecule has 1 aromatic carbocycles. The van der Waals surface area contributed by atoms with E-state index in [1.165, 1.54) is 17.1 Å². The molecule has 94 valence electrons. The number of carbonyl (C=O) groups excluding carboxylic acids is 1. The molecular formula is C13H15N3O2. The monoisotopic (exact) mass is 245 g/mol. The van der Waals surface area contributed by atoms with Crippen LogP contribution in [0.1, 0.15) is 12.5 Å². The van der Waals surface area contributed by atoms with Gasteiger partial charge in [-0.25, -0.2) is 9.78 Å².